The van der Waals surface area contributed by atoms with Gasteiger partial charge in [-0.05, 0) is 24.3 Å². The number of nitrogens with one attached hydrogen (secondary N) is 2. The molecule has 0 saturated carbocycles. The van der Waals surface area contributed by atoms with E-state index < -0.39 is 0 Å². The maximum Gasteiger partial charge on any atom is 0.0908 e. The van der Waals surface area contributed by atoms with E-state index in [9.17, 15) is 9.81 Å². The Morgan fingerprint density at radius 1 is 0.833 bits per heavy atom. The van der Waals surface area contributed by atoms with E-state index in [2.05, 4.69) is 31.4 Å². The van der Waals surface area contributed by atoms with Crippen molar-refractivity contribution in [3.63, 3.8) is 0 Å². The molecule has 2 heterocycles. The van der Waals surface area contributed by atoms with E-state index in [0.717, 1.165) is 0 Å². The van der Waals surface area contributed by atoms with Crippen LogP contribution in [0.3, 0.4) is 0 Å². The minimum atomic E-state index is 0.503. The van der Waals surface area contributed by atoms with Gasteiger partial charge in [-0.3, -0.25) is 9.97 Å². The number of hydrogen-bond donors (Lipinski definition) is 2. The molecule has 18 heavy (non-hydrogen) atoms. The van der Waals surface area contributed by atoms with Crippen molar-refractivity contribution in [1.82, 2.24) is 9.97 Å². The number of anilines is 2. The zero-order valence-corrected chi connectivity index (χ0v) is 9.07. The van der Waals surface area contributed by atoms with E-state index in [-0.39, 0.29) is 0 Å². The third-order valence-electron chi connectivity index (χ3n) is 2.13. The highest BCUT2D eigenvalue weighted by Crippen LogP contribution is 2.20. The highest BCUT2D eigenvalue weighted by atomic mass is 16.3. The number of pyridine rings is 2. The highest BCUT2D eigenvalue weighted by Gasteiger charge is 2.03. The molecule has 0 saturated heterocycles. The summed E-state index contributed by atoms with van der Waals surface area (Å²) in [5.74, 6) is 0. The normalized spacial score (nSPS) is 9.56. The van der Waals surface area contributed by atoms with Crippen molar-refractivity contribution in [2.24, 2.45) is 10.6 Å². The fraction of sp³-hybridized carbons (Fsp3) is 0. The molecule has 0 fully saturated rings. The highest BCUT2D eigenvalue weighted by molar-refractivity contribution is 5.64. The maximum absolute atomic E-state index is 10.1. The Balaban J connectivity index is 2.35. The van der Waals surface area contributed by atoms with Gasteiger partial charge in [-0.1, -0.05) is 0 Å². The predicted molar refractivity (Wildman–Crippen MR) is 66.3 cm³/mol. The van der Waals surface area contributed by atoms with Gasteiger partial charge in [0.2, 0.25) is 0 Å². The third-order valence-corrected chi connectivity index (χ3v) is 2.13. The molecule has 8 nitrogen and oxygen atoms in total. The van der Waals surface area contributed by atoms with Gasteiger partial charge in [0.25, 0.3) is 0 Å². The molecule has 0 unspecified atom stereocenters. The van der Waals surface area contributed by atoms with Gasteiger partial charge in [0.05, 0.1) is 33.3 Å². The Kier molecular flexibility index (Phi) is 3.50. The average Bonchev–Trinajstić information content (AvgIpc) is 2.40. The van der Waals surface area contributed by atoms with Crippen molar-refractivity contribution >= 4 is 11.4 Å². The molecule has 0 bridgehead atoms. The summed E-state index contributed by atoms with van der Waals surface area (Å²) >= 11 is 0. The number of nitroso groups, excluding NO2 is 2. The van der Waals surface area contributed by atoms with Crippen molar-refractivity contribution in [2.75, 3.05) is 10.9 Å². The molecular formula is C10H8N6O2. The quantitative estimate of drug-likeness (QED) is 0.617. The van der Waals surface area contributed by atoms with E-state index in [4.69, 9.17) is 0 Å². The second kappa shape index (κ2) is 5.43. The summed E-state index contributed by atoms with van der Waals surface area (Å²) in [7, 11) is 0. The van der Waals surface area contributed by atoms with Crippen molar-refractivity contribution in [3.8, 4) is 11.4 Å². The summed E-state index contributed by atoms with van der Waals surface area (Å²) < 4.78 is 0. The lowest BCUT2D eigenvalue weighted by Crippen LogP contribution is -1.93. The molecule has 8 heteroatoms. The monoisotopic (exact) mass is 244 g/mol. The number of hydrogen-bond acceptors (Lipinski definition) is 6. The molecule has 0 aliphatic carbocycles. The lowest BCUT2D eigenvalue weighted by atomic mass is 10.2. The minimum Gasteiger partial charge on any atom is -0.254 e. The summed E-state index contributed by atoms with van der Waals surface area (Å²) in [4.78, 5) is 28.4. The largest absolute Gasteiger partial charge is 0.254 e. The summed E-state index contributed by atoms with van der Waals surface area (Å²) in [5.41, 5.74) is 6.64. The van der Waals surface area contributed by atoms with E-state index in [0.29, 0.717) is 22.8 Å². The van der Waals surface area contributed by atoms with Gasteiger partial charge in [0, 0.05) is 12.4 Å². The summed E-state index contributed by atoms with van der Waals surface area (Å²) in [6.45, 7) is 0. The SMILES string of the molecule is O=NNc1ccnc(-c2cc(NN=O)ccn2)c1. The van der Waals surface area contributed by atoms with Crippen LogP contribution in [-0.4, -0.2) is 9.97 Å². The first-order chi connectivity index (χ1) is 8.83. The molecule has 0 spiro atoms. The smallest absolute Gasteiger partial charge is 0.0908 e. The summed E-state index contributed by atoms with van der Waals surface area (Å²) in [6, 6.07) is 6.42. The van der Waals surface area contributed by atoms with E-state index >= 15 is 0 Å². The summed E-state index contributed by atoms with van der Waals surface area (Å²) in [6.07, 6.45) is 3.03. The van der Waals surface area contributed by atoms with Crippen LogP contribution in [0.4, 0.5) is 11.4 Å². The molecule has 0 aromatic carbocycles. The molecule has 0 radical (unpaired) electrons. The predicted octanol–water partition coefficient (Wildman–Crippen LogP) is 2.33. The topological polar surface area (TPSA) is 109 Å². The zero-order chi connectivity index (χ0) is 12.8. The van der Waals surface area contributed by atoms with Gasteiger partial charge < -0.3 is 0 Å². The van der Waals surface area contributed by atoms with Crippen LogP contribution in [0.25, 0.3) is 11.4 Å². The van der Waals surface area contributed by atoms with Crippen molar-refractivity contribution < 1.29 is 0 Å². The fourth-order valence-corrected chi connectivity index (χ4v) is 1.39. The number of rotatable bonds is 5. The molecule has 2 aromatic rings. The van der Waals surface area contributed by atoms with Gasteiger partial charge in [-0.15, -0.1) is 9.81 Å². The van der Waals surface area contributed by atoms with Crippen LogP contribution in [0.15, 0.2) is 47.2 Å². The van der Waals surface area contributed by atoms with Crippen LogP contribution in [0.5, 0.6) is 0 Å². The Hall–Kier alpha value is -2.90. The molecule has 0 aliphatic heterocycles. The molecule has 0 atom stereocenters. The van der Waals surface area contributed by atoms with Gasteiger partial charge in [0.15, 0.2) is 0 Å². The molecule has 0 aliphatic rings. The molecule has 0 amide bonds. The van der Waals surface area contributed by atoms with E-state index in [1.807, 2.05) is 0 Å². The van der Waals surface area contributed by atoms with Crippen LogP contribution in [0.2, 0.25) is 0 Å². The summed E-state index contributed by atoms with van der Waals surface area (Å²) in [5, 5.41) is 5.14. The Morgan fingerprint density at radius 2 is 1.28 bits per heavy atom. The van der Waals surface area contributed by atoms with Crippen LogP contribution in [0.1, 0.15) is 0 Å². The first-order valence-corrected chi connectivity index (χ1v) is 4.92. The maximum atomic E-state index is 10.1. The van der Waals surface area contributed by atoms with Crippen molar-refractivity contribution in [3.05, 3.63) is 46.5 Å². The van der Waals surface area contributed by atoms with Crippen LogP contribution in [0, 0.1) is 9.81 Å². The first kappa shape index (κ1) is 11.6. The molecule has 2 N–H and O–H groups in total. The average molecular weight is 244 g/mol. The molecular weight excluding hydrogens is 236 g/mol. The van der Waals surface area contributed by atoms with Crippen LogP contribution in [-0.2, 0) is 0 Å². The molecule has 2 rings (SSSR count). The lowest BCUT2D eigenvalue weighted by molar-refractivity contribution is 1.22. The van der Waals surface area contributed by atoms with Crippen molar-refractivity contribution in [2.45, 2.75) is 0 Å². The molecule has 2 aromatic heterocycles. The van der Waals surface area contributed by atoms with Crippen LogP contribution >= 0.6 is 0 Å². The van der Waals surface area contributed by atoms with E-state index in [1.54, 1.807) is 24.3 Å². The zero-order valence-electron chi connectivity index (χ0n) is 9.07. The number of aromatic nitrogens is 2. The fourth-order valence-electron chi connectivity index (χ4n) is 1.39. The second-order valence-corrected chi connectivity index (χ2v) is 3.27. The van der Waals surface area contributed by atoms with Crippen LogP contribution < -0.4 is 10.9 Å². The second-order valence-electron chi connectivity index (χ2n) is 3.27. The van der Waals surface area contributed by atoms with Gasteiger partial charge in [-0.2, -0.15) is 0 Å². The first-order valence-electron chi connectivity index (χ1n) is 4.92. The Bertz CT molecular complexity index is 522. The minimum absolute atomic E-state index is 0.503. The van der Waals surface area contributed by atoms with Gasteiger partial charge >= 0.3 is 0 Å². The standard InChI is InChI=1S/C10H8N6O2/c17-15-13-7-1-3-11-9(5-7)10-6-8(14-16-18)2-4-12-10/h1-6H,(H,11,13,17)(H,12,14,18). The van der Waals surface area contributed by atoms with Gasteiger partial charge in [0.1, 0.15) is 0 Å². The number of nitrogens with zero attached hydrogens (tertiary/aromatic N) is 4. The van der Waals surface area contributed by atoms with Crippen molar-refractivity contribution in [1.29, 1.82) is 0 Å². The lowest BCUT2D eigenvalue weighted by Gasteiger charge is -2.03. The Labute approximate surface area is 101 Å². The van der Waals surface area contributed by atoms with Gasteiger partial charge in [-0.25, -0.2) is 10.9 Å². The Morgan fingerprint density at radius 3 is 1.67 bits per heavy atom. The van der Waals surface area contributed by atoms with E-state index in [1.165, 1.54) is 12.4 Å². The molecule has 90 valence electrons. The third kappa shape index (κ3) is 2.61.